The van der Waals surface area contributed by atoms with Crippen molar-refractivity contribution in [1.29, 1.82) is 0 Å². The van der Waals surface area contributed by atoms with E-state index in [-0.39, 0.29) is 25.2 Å². The van der Waals surface area contributed by atoms with Gasteiger partial charge in [-0.15, -0.1) is 11.3 Å². The molecule has 3 rings (SSSR count). The van der Waals surface area contributed by atoms with Crippen molar-refractivity contribution in [3.05, 3.63) is 27.9 Å². The molecule has 1 aromatic heterocycles. The van der Waals surface area contributed by atoms with Crippen molar-refractivity contribution in [3.8, 4) is 0 Å². The first-order chi connectivity index (χ1) is 14.5. The third-order valence-corrected chi connectivity index (χ3v) is 5.49. The molecular weight excluding hydrogens is 410 g/mol. The molecule has 0 aliphatic carbocycles. The minimum Gasteiger partial charge on any atom is -0.480 e. The fraction of sp³-hybridized carbons (Fsp3) is 0.579. The Bertz CT molecular complexity index is 810. The first-order valence-electron chi connectivity index (χ1n) is 9.81. The zero-order valence-corrected chi connectivity index (χ0v) is 18.0. The van der Waals surface area contributed by atoms with Gasteiger partial charge >= 0.3 is 11.9 Å². The van der Waals surface area contributed by atoms with Crippen molar-refractivity contribution in [2.24, 2.45) is 4.99 Å². The molecular formula is C19H27N5O5S. The van der Waals surface area contributed by atoms with Crippen LogP contribution in [-0.4, -0.2) is 103 Å². The molecule has 1 saturated heterocycles. The molecule has 2 N–H and O–H groups in total. The Hall–Kier alpha value is -2.34. The molecule has 1 fully saturated rings. The van der Waals surface area contributed by atoms with Gasteiger partial charge in [-0.25, -0.2) is 9.78 Å². The summed E-state index contributed by atoms with van der Waals surface area (Å²) < 4.78 is 11.0. The summed E-state index contributed by atoms with van der Waals surface area (Å²) in [5, 5.41) is 14.9. The summed E-state index contributed by atoms with van der Waals surface area (Å²) in [6, 6.07) is 0. The number of ether oxygens (including phenoxy) is 2. The van der Waals surface area contributed by atoms with Gasteiger partial charge in [-0.05, 0) is 14.0 Å². The van der Waals surface area contributed by atoms with Crippen LogP contribution in [-0.2, 0) is 19.1 Å². The number of hydrogen-bond donors (Lipinski definition) is 2. The van der Waals surface area contributed by atoms with Crippen molar-refractivity contribution in [2.45, 2.75) is 13.0 Å². The first-order valence-corrected chi connectivity index (χ1v) is 10.7. The number of thiazole rings is 1. The number of morpholine rings is 1. The number of carbonyl (C=O) groups is 2. The van der Waals surface area contributed by atoms with Gasteiger partial charge in [0.2, 0.25) is 0 Å². The summed E-state index contributed by atoms with van der Waals surface area (Å²) in [4.78, 5) is 36.0. The van der Waals surface area contributed by atoms with Crippen LogP contribution >= 0.6 is 11.3 Å². The average molecular weight is 438 g/mol. The van der Waals surface area contributed by atoms with Gasteiger partial charge < -0.3 is 19.9 Å². The second-order valence-electron chi connectivity index (χ2n) is 7.12. The number of aliphatic carboxylic acids is 1. The maximum atomic E-state index is 12.4. The smallest absolute Gasteiger partial charge is 0.337 e. The minimum absolute atomic E-state index is 0.0345. The van der Waals surface area contributed by atoms with E-state index >= 15 is 0 Å². The van der Waals surface area contributed by atoms with Crippen LogP contribution < -0.4 is 5.32 Å². The number of esters is 1. The van der Waals surface area contributed by atoms with Gasteiger partial charge in [-0.1, -0.05) is 0 Å². The van der Waals surface area contributed by atoms with Crippen LogP contribution in [0.25, 0.3) is 0 Å². The standard InChI is InChI=1S/C19H27N5O5S/c1-3-28-19(27)14-8-21-17(18-20-4-7-30-18)22-15(14)11-24-5-6-29-13(10-24)9-23(2)12-16(25)26/h4,7,13H,3,5-6,8-12H2,1-2H3,(H,21,22)(H,25,26). The van der Waals surface area contributed by atoms with Crippen molar-refractivity contribution in [3.63, 3.8) is 0 Å². The molecule has 1 aromatic rings. The highest BCUT2D eigenvalue weighted by atomic mass is 32.1. The Balaban J connectivity index is 1.68. The fourth-order valence-electron chi connectivity index (χ4n) is 3.42. The molecule has 0 amide bonds. The maximum absolute atomic E-state index is 12.4. The van der Waals surface area contributed by atoms with E-state index in [1.54, 1.807) is 25.1 Å². The number of aromatic nitrogens is 1. The first kappa shape index (κ1) is 22.3. The largest absolute Gasteiger partial charge is 0.480 e. The number of nitrogens with zero attached hydrogens (tertiary/aromatic N) is 4. The Kier molecular flexibility index (Phi) is 7.91. The molecule has 2 aliphatic heterocycles. The Morgan fingerprint density at radius 3 is 3.03 bits per heavy atom. The van der Waals surface area contributed by atoms with Gasteiger partial charge in [0.05, 0.1) is 38.0 Å². The van der Waals surface area contributed by atoms with E-state index in [9.17, 15) is 9.59 Å². The highest BCUT2D eigenvalue weighted by Gasteiger charge is 2.28. The molecule has 164 valence electrons. The summed E-state index contributed by atoms with van der Waals surface area (Å²) in [5.41, 5.74) is 1.27. The second kappa shape index (κ2) is 10.6. The Labute approximate surface area is 179 Å². The monoisotopic (exact) mass is 437 g/mol. The molecule has 30 heavy (non-hydrogen) atoms. The van der Waals surface area contributed by atoms with E-state index in [2.05, 4.69) is 20.2 Å². The summed E-state index contributed by atoms with van der Waals surface area (Å²) >= 11 is 1.48. The normalized spacial score (nSPS) is 20.1. The molecule has 1 atom stereocenters. The van der Waals surface area contributed by atoms with Crippen molar-refractivity contribution in [2.75, 3.05) is 59.5 Å². The molecule has 2 aliphatic rings. The van der Waals surface area contributed by atoms with Crippen LogP contribution in [0.2, 0.25) is 0 Å². The predicted molar refractivity (Wildman–Crippen MR) is 112 cm³/mol. The Morgan fingerprint density at radius 1 is 1.50 bits per heavy atom. The summed E-state index contributed by atoms with van der Waals surface area (Å²) in [7, 11) is 1.76. The van der Waals surface area contributed by atoms with E-state index in [1.165, 1.54) is 11.3 Å². The highest BCUT2D eigenvalue weighted by molar-refractivity contribution is 7.11. The van der Waals surface area contributed by atoms with Crippen LogP contribution in [0.3, 0.4) is 0 Å². The third kappa shape index (κ3) is 6.08. The average Bonchev–Trinajstić information content (AvgIpc) is 3.22. The maximum Gasteiger partial charge on any atom is 0.337 e. The lowest BCUT2D eigenvalue weighted by atomic mass is 10.1. The van der Waals surface area contributed by atoms with Crippen LogP contribution in [0, 0.1) is 0 Å². The van der Waals surface area contributed by atoms with Crippen molar-refractivity contribution >= 4 is 29.1 Å². The van der Waals surface area contributed by atoms with Gasteiger partial charge in [0, 0.05) is 43.5 Å². The van der Waals surface area contributed by atoms with E-state index in [0.29, 0.717) is 50.8 Å². The van der Waals surface area contributed by atoms with Gasteiger partial charge in [-0.2, -0.15) is 0 Å². The minimum atomic E-state index is -0.866. The number of carbonyl (C=O) groups excluding carboxylic acids is 1. The molecule has 0 bridgehead atoms. The van der Waals surface area contributed by atoms with E-state index in [4.69, 9.17) is 14.6 Å². The van der Waals surface area contributed by atoms with Gasteiger partial charge in [0.25, 0.3) is 0 Å². The van der Waals surface area contributed by atoms with E-state index < -0.39 is 5.97 Å². The number of nitrogens with one attached hydrogen (secondary N) is 1. The van der Waals surface area contributed by atoms with Crippen LogP contribution in [0.1, 0.15) is 11.9 Å². The molecule has 3 heterocycles. The summed E-state index contributed by atoms with van der Waals surface area (Å²) in [6.07, 6.45) is 1.61. The Morgan fingerprint density at radius 2 is 2.33 bits per heavy atom. The number of carboxylic acids is 1. The summed E-state index contributed by atoms with van der Waals surface area (Å²) in [6.45, 7) is 5.21. The lowest BCUT2D eigenvalue weighted by Gasteiger charge is -2.35. The number of aliphatic imine (C=N–C) groups is 1. The molecule has 11 heteroatoms. The molecule has 1 unspecified atom stereocenters. The van der Waals surface area contributed by atoms with Crippen molar-refractivity contribution in [1.82, 2.24) is 20.1 Å². The summed E-state index contributed by atoms with van der Waals surface area (Å²) in [5.74, 6) is -0.582. The SMILES string of the molecule is CCOC(=O)C1=C(CN2CCOC(CN(C)CC(=O)O)C2)NC(c2nccs2)=NC1. The topological polar surface area (TPSA) is 117 Å². The molecule has 0 saturated carbocycles. The lowest BCUT2D eigenvalue weighted by Crippen LogP contribution is -2.49. The number of rotatable bonds is 9. The van der Waals surface area contributed by atoms with Crippen LogP contribution in [0.5, 0.6) is 0 Å². The lowest BCUT2D eigenvalue weighted by molar-refractivity contribution is -0.139. The highest BCUT2D eigenvalue weighted by Crippen LogP contribution is 2.17. The van der Waals surface area contributed by atoms with Crippen LogP contribution in [0.15, 0.2) is 27.8 Å². The third-order valence-electron chi connectivity index (χ3n) is 4.71. The van der Waals surface area contributed by atoms with Crippen molar-refractivity contribution < 1.29 is 24.2 Å². The van der Waals surface area contributed by atoms with Gasteiger partial charge in [0.1, 0.15) is 0 Å². The molecule has 10 nitrogen and oxygen atoms in total. The zero-order valence-electron chi connectivity index (χ0n) is 17.2. The molecule has 0 aromatic carbocycles. The molecule has 0 spiro atoms. The number of carboxylic acid groups (broad SMARTS) is 1. The predicted octanol–water partition coefficient (Wildman–Crippen LogP) is 0.0273. The van der Waals surface area contributed by atoms with Gasteiger partial charge in [-0.3, -0.25) is 19.6 Å². The van der Waals surface area contributed by atoms with Gasteiger partial charge in [0.15, 0.2) is 10.8 Å². The number of hydrogen-bond acceptors (Lipinski definition) is 10. The second-order valence-corrected chi connectivity index (χ2v) is 8.02. The molecule has 0 radical (unpaired) electrons. The quantitative estimate of drug-likeness (QED) is 0.516. The zero-order chi connectivity index (χ0) is 21.5. The number of amidine groups is 1. The number of likely N-dealkylation sites (N-methyl/N-ethyl adjacent to an activating group) is 1. The van der Waals surface area contributed by atoms with Crippen LogP contribution in [0.4, 0.5) is 0 Å². The van der Waals surface area contributed by atoms with E-state index in [0.717, 1.165) is 10.7 Å². The fourth-order valence-corrected chi connectivity index (χ4v) is 4.01. The van der Waals surface area contributed by atoms with E-state index in [1.807, 2.05) is 5.38 Å².